The van der Waals surface area contributed by atoms with E-state index in [1.54, 1.807) is 0 Å². The predicted molar refractivity (Wildman–Crippen MR) is 54.3 cm³/mol. The largest absolute Gasteiger partial charge is 0.298 e. The topological polar surface area (TPSA) is 12.0 Å². The first-order valence-corrected chi connectivity index (χ1v) is 5.24. The first-order chi connectivity index (χ1) is 5.81. The highest BCUT2D eigenvalue weighted by molar-refractivity contribution is 8.00. The molecule has 0 saturated carbocycles. The first-order valence-electron chi connectivity index (χ1n) is 4.26. The molecular weight excluding hydrogens is 166 g/mol. The summed E-state index contributed by atoms with van der Waals surface area (Å²) in [6.07, 6.45) is 0. The standard InChI is InChI=1S/C10H13NS/c1-10(11-7-8-12-10)9-5-3-2-4-6-9/h2-6,11H,7-8H2,1H3. The molecule has 1 fully saturated rings. The maximum absolute atomic E-state index is 3.51. The molecule has 1 saturated heterocycles. The average Bonchev–Trinajstić information content (AvgIpc) is 2.55. The molecule has 1 aromatic rings. The van der Waals surface area contributed by atoms with Crippen molar-refractivity contribution in [1.29, 1.82) is 0 Å². The minimum Gasteiger partial charge on any atom is -0.298 e. The van der Waals surface area contributed by atoms with E-state index in [0.29, 0.717) is 0 Å². The molecule has 0 radical (unpaired) electrons. The van der Waals surface area contributed by atoms with Crippen molar-refractivity contribution in [3.05, 3.63) is 35.9 Å². The van der Waals surface area contributed by atoms with Gasteiger partial charge in [-0.3, -0.25) is 5.32 Å². The van der Waals surface area contributed by atoms with Gasteiger partial charge in [-0.25, -0.2) is 0 Å². The summed E-state index contributed by atoms with van der Waals surface area (Å²) in [6, 6.07) is 10.6. The van der Waals surface area contributed by atoms with Crippen LogP contribution in [0.1, 0.15) is 12.5 Å². The number of hydrogen-bond donors (Lipinski definition) is 1. The van der Waals surface area contributed by atoms with E-state index in [2.05, 4.69) is 42.6 Å². The lowest BCUT2D eigenvalue weighted by Gasteiger charge is -2.23. The molecule has 1 aromatic carbocycles. The van der Waals surface area contributed by atoms with Crippen molar-refractivity contribution in [1.82, 2.24) is 5.32 Å². The Morgan fingerprint density at radius 1 is 1.33 bits per heavy atom. The molecule has 1 unspecified atom stereocenters. The second kappa shape index (κ2) is 3.11. The Balaban J connectivity index is 2.29. The lowest BCUT2D eigenvalue weighted by molar-refractivity contribution is 0.575. The fourth-order valence-electron chi connectivity index (χ4n) is 1.54. The van der Waals surface area contributed by atoms with Gasteiger partial charge in [0.05, 0.1) is 4.87 Å². The molecule has 0 bridgehead atoms. The second-order valence-electron chi connectivity index (χ2n) is 3.17. The molecule has 1 aliphatic heterocycles. The van der Waals surface area contributed by atoms with Crippen molar-refractivity contribution < 1.29 is 0 Å². The van der Waals surface area contributed by atoms with Crippen LogP contribution in [0.2, 0.25) is 0 Å². The van der Waals surface area contributed by atoms with Crippen LogP contribution in [-0.4, -0.2) is 12.3 Å². The van der Waals surface area contributed by atoms with E-state index < -0.39 is 0 Å². The van der Waals surface area contributed by atoms with E-state index in [4.69, 9.17) is 0 Å². The van der Waals surface area contributed by atoms with Crippen LogP contribution in [-0.2, 0) is 4.87 Å². The highest BCUT2D eigenvalue weighted by Gasteiger charge is 2.30. The van der Waals surface area contributed by atoms with Crippen molar-refractivity contribution in [2.45, 2.75) is 11.8 Å². The fourth-order valence-corrected chi connectivity index (χ4v) is 2.66. The van der Waals surface area contributed by atoms with Crippen LogP contribution in [0, 0.1) is 0 Å². The first kappa shape index (κ1) is 8.14. The zero-order chi connectivity index (χ0) is 8.44. The number of thioether (sulfide) groups is 1. The van der Waals surface area contributed by atoms with Crippen LogP contribution in [0.5, 0.6) is 0 Å². The molecule has 2 heteroatoms. The minimum atomic E-state index is 0.154. The van der Waals surface area contributed by atoms with E-state index >= 15 is 0 Å². The Labute approximate surface area is 77.6 Å². The van der Waals surface area contributed by atoms with Gasteiger partial charge in [0.2, 0.25) is 0 Å². The third-order valence-electron chi connectivity index (χ3n) is 2.28. The maximum Gasteiger partial charge on any atom is 0.0873 e. The molecule has 0 amide bonds. The van der Waals surface area contributed by atoms with Crippen molar-refractivity contribution in [2.24, 2.45) is 0 Å². The number of benzene rings is 1. The maximum atomic E-state index is 3.51. The summed E-state index contributed by atoms with van der Waals surface area (Å²) in [5.41, 5.74) is 1.38. The smallest absolute Gasteiger partial charge is 0.0873 e. The van der Waals surface area contributed by atoms with E-state index in [1.807, 2.05) is 11.8 Å². The van der Waals surface area contributed by atoms with Crippen molar-refractivity contribution in [3.8, 4) is 0 Å². The zero-order valence-electron chi connectivity index (χ0n) is 7.21. The molecular formula is C10H13NS. The number of nitrogens with one attached hydrogen (secondary N) is 1. The molecule has 64 valence electrons. The lowest BCUT2D eigenvalue weighted by Crippen LogP contribution is -2.30. The summed E-state index contributed by atoms with van der Waals surface area (Å²) in [5.74, 6) is 1.21. The van der Waals surface area contributed by atoms with Crippen LogP contribution in [0.15, 0.2) is 30.3 Å². The Hall–Kier alpha value is -0.470. The Bertz CT molecular complexity index is 252. The third kappa shape index (κ3) is 1.37. The van der Waals surface area contributed by atoms with Gasteiger partial charge < -0.3 is 0 Å². The Kier molecular flexibility index (Phi) is 2.11. The average molecular weight is 179 g/mol. The Morgan fingerprint density at radius 2 is 2.08 bits per heavy atom. The van der Waals surface area contributed by atoms with Crippen molar-refractivity contribution in [3.63, 3.8) is 0 Å². The van der Waals surface area contributed by atoms with Gasteiger partial charge in [-0.1, -0.05) is 30.3 Å². The van der Waals surface area contributed by atoms with Crippen LogP contribution in [0.25, 0.3) is 0 Å². The van der Waals surface area contributed by atoms with Gasteiger partial charge in [0.25, 0.3) is 0 Å². The summed E-state index contributed by atoms with van der Waals surface area (Å²) >= 11 is 1.99. The van der Waals surface area contributed by atoms with E-state index in [-0.39, 0.29) is 4.87 Å². The van der Waals surface area contributed by atoms with Gasteiger partial charge >= 0.3 is 0 Å². The zero-order valence-corrected chi connectivity index (χ0v) is 8.03. The second-order valence-corrected chi connectivity index (χ2v) is 4.69. The summed E-state index contributed by atoms with van der Waals surface area (Å²) in [5, 5.41) is 3.51. The summed E-state index contributed by atoms with van der Waals surface area (Å²) in [7, 11) is 0. The van der Waals surface area contributed by atoms with E-state index in [9.17, 15) is 0 Å². The molecule has 1 nitrogen and oxygen atoms in total. The van der Waals surface area contributed by atoms with Gasteiger partial charge in [0, 0.05) is 12.3 Å². The number of rotatable bonds is 1. The van der Waals surface area contributed by atoms with E-state index in [1.165, 1.54) is 11.3 Å². The van der Waals surface area contributed by atoms with Crippen LogP contribution in [0.3, 0.4) is 0 Å². The molecule has 0 aliphatic carbocycles. The van der Waals surface area contributed by atoms with Gasteiger partial charge in [0.1, 0.15) is 0 Å². The molecule has 2 rings (SSSR count). The molecule has 0 aromatic heterocycles. The molecule has 1 atom stereocenters. The summed E-state index contributed by atoms with van der Waals surface area (Å²) in [6.45, 7) is 3.37. The van der Waals surface area contributed by atoms with Gasteiger partial charge in [-0.05, 0) is 12.5 Å². The molecule has 1 N–H and O–H groups in total. The fraction of sp³-hybridized carbons (Fsp3) is 0.400. The number of hydrogen-bond acceptors (Lipinski definition) is 2. The van der Waals surface area contributed by atoms with Gasteiger partial charge in [-0.2, -0.15) is 0 Å². The quantitative estimate of drug-likeness (QED) is 0.709. The molecule has 0 spiro atoms. The highest BCUT2D eigenvalue weighted by atomic mass is 32.2. The monoisotopic (exact) mass is 179 g/mol. The Morgan fingerprint density at radius 3 is 2.67 bits per heavy atom. The van der Waals surface area contributed by atoms with Gasteiger partial charge in [-0.15, -0.1) is 11.8 Å². The van der Waals surface area contributed by atoms with Crippen molar-refractivity contribution >= 4 is 11.8 Å². The lowest BCUT2D eigenvalue weighted by atomic mass is 10.1. The van der Waals surface area contributed by atoms with Crippen LogP contribution in [0.4, 0.5) is 0 Å². The molecule has 1 aliphatic rings. The molecule has 1 heterocycles. The third-order valence-corrected chi connectivity index (χ3v) is 3.65. The van der Waals surface area contributed by atoms with Crippen LogP contribution < -0.4 is 5.32 Å². The van der Waals surface area contributed by atoms with Gasteiger partial charge in [0.15, 0.2) is 0 Å². The predicted octanol–water partition coefficient (Wildman–Crippen LogP) is 2.20. The summed E-state index contributed by atoms with van der Waals surface area (Å²) in [4.78, 5) is 0.154. The van der Waals surface area contributed by atoms with Crippen LogP contribution >= 0.6 is 11.8 Å². The SMILES string of the molecule is CC1(c2ccccc2)NCCS1. The summed E-state index contributed by atoms with van der Waals surface area (Å²) < 4.78 is 0. The normalized spacial score (nSPS) is 29.1. The minimum absolute atomic E-state index is 0.154. The van der Waals surface area contributed by atoms with E-state index in [0.717, 1.165) is 6.54 Å². The molecule has 12 heavy (non-hydrogen) atoms. The van der Waals surface area contributed by atoms with Crippen molar-refractivity contribution in [2.75, 3.05) is 12.3 Å². The highest BCUT2D eigenvalue weighted by Crippen LogP contribution is 2.36.